The van der Waals surface area contributed by atoms with Crippen LogP contribution in [0.25, 0.3) is 0 Å². The van der Waals surface area contributed by atoms with Gasteiger partial charge in [-0.05, 0) is 44.9 Å². The Morgan fingerprint density at radius 2 is 2.00 bits per heavy atom. The SMILES string of the molecule is CN(c1nc(C2CC2)c(CNC2CC2)s1)C1CCC1. The molecule has 1 aromatic rings. The average Bonchev–Trinajstić information content (AvgIpc) is 3.23. The van der Waals surface area contributed by atoms with Crippen LogP contribution in [0.3, 0.4) is 0 Å². The number of hydrogen-bond acceptors (Lipinski definition) is 4. The fourth-order valence-corrected chi connectivity index (χ4v) is 3.89. The Morgan fingerprint density at radius 1 is 1.21 bits per heavy atom. The number of nitrogens with zero attached hydrogens (tertiary/aromatic N) is 2. The number of aromatic nitrogens is 1. The van der Waals surface area contributed by atoms with Gasteiger partial charge in [0.25, 0.3) is 0 Å². The molecule has 0 spiro atoms. The van der Waals surface area contributed by atoms with Crippen molar-refractivity contribution < 1.29 is 0 Å². The lowest BCUT2D eigenvalue weighted by molar-refractivity contribution is 0.401. The van der Waals surface area contributed by atoms with Crippen molar-refractivity contribution >= 4 is 16.5 Å². The van der Waals surface area contributed by atoms with E-state index in [1.165, 1.54) is 60.6 Å². The van der Waals surface area contributed by atoms with Crippen LogP contribution in [0.4, 0.5) is 5.13 Å². The summed E-state index contributed by atoms with van der Waals surface area (Å²) in [6.07, 6.45) is 9.54. The molecule has 0 saturated heterocycles. The van der Waals surface area contributed by atoms with Gasteiger partial charge in [0.05, 0.1) is 5.69 Å². The van der Waals surface area contributed by atoms with E-state index in [1.807, 2.05) is 11.3 Å². The highest BCUT2D eigenvalue weighted by atomic mass is 32.1. The molecule has 0 aromatic carbocycles. The quantitative estimate of drug-likeness (QED) is 0.865. The van der Waals surface area contributed by atoms with Crippen LogP contribution in [0.15, 0.2) is 0 Å². The summed E-state index contributed by atoms with van der Waals surface area (Å²) < 4.78 is 0. The zero-order chi connectivity index (χ0) is 12.8. The molecule has 4 rings (SSSR count). The Kier molecular flexibility index (Phi) is 3.03. The van der Waals surface area contributed by atoms with Gasteiger partial charge in [-0.1, -0.05) is 0 Å². The zero-order valence-corrected chi connectivity index (χ0v) is 12.5. The summed E-state index contributed by atoms with van der Waals surface area (Å²) in [5.74, 6) is 0.774. The third kappa shape index (κ3) is 2.52. The lowest BCUT2D eigenvalue weighted by atomic mass is 9.92. The molecule has 0 aliphatic heterocycles. The number of hydrogen-bond donors (Lipinski definition) is 1. The summed E-state index contributed by atoms with van der Waals surface area (Å²) in [6, 6.07) is 1.55. The minimum atomic E-state index is 0.752. The van der Waals surface area contributed by atoms with Crippen molar-refractivity contribution in [3.63, 3.8) is 0 Å². The molecule has 0 atom stereocenters. The molecule has 104 valence electrons. The largest absolute Gasteiger partial charge is 0.348 e. The molecular formula is C15H23N3S. The third-order valence-electron chi connectivity index (χ3n) is 4.73. The van der Waals surface area contributed by atoms with Gasteiger partial charge < -0.3 is 10.2 Å². The first kappa shape index (κ1) is 12.2. The van der Waals surface area contributed by atoms with Crippen LogP contribution in [0, 0.1) is 0 Å². The molecule has 0 unspecified atom stereocenters. The molecule has 3 aliphatic carbocycles. The van der Waals surface area contributed by atoms with E-state index in [0.717, 1.165) is 24.5 Å². The molecule has 19 heavy (non-hydrogen) atoms. The standard InChI is InChI=1S/C15H23N3S/c1-18(12-3-2-4-12)15-17-14(10-5-6-10)13(19-15)9-16-11-7-8-11/h10-12,16H,2-9H2,1H3. The molecule has 3 fully saturated rings. The third-order valence-corrected chi connectivity index (χ3v) is 5.89. The summed E-state index contributed by atoms with van der Waals surface area (Å²) in [7, 11) is 2.23. The maximum absolute atomic E-state index is 4.98. The number of thiazole rings is 1. The summed E-state index contributed by atoms with van der Waals surface area (Å²) in [6.45, 7) is 1.05. The molecule has 3 aliphatic rings. The van der Waals surface area contributed by atoms with Gasteiger partial charge in [0.15, 0.2) is 5.13 Å². The van der Waals surface area contributed by atoms with E-state index >= 15 is 0 Å². The van der Waals surface area contributed by atoms with E-state index in [2.05, 4.69) is 17.3 Å². The summed E-state index contributed by atoms with van der Waals surface area (Å²) in [5, 5.41) is 4.92. The van der Waals surface area contributed by atoms with Crippen molar-refractivity contribution in [3.05, 3.63) is 10.6 Å². The molecular weight excluding hydrogens is 254 g/mol. The molecule has 3 saturated carbocycles. The monoisotopic (exact) mass is 277 g/mol. The fraction of sp³-hybridized carbons (Fsp3) is 0.800. The molecule has 1 heterocycles. The van der Waals surface area contributed by atoms with Crippen molar-refractivity contribution in [3.8, 4) is 0 Å². The van der Waals surface area contributed by atoms with Gasteiger partial charge in [-0.3, -0.25) is 0 Å². The Hall–Kier alpha value is -0.610. The van der Waals surface area contributed by atoms with E-state index in [-0.39, 0.29) is 0 Å². The van der Waals surface area contributed by atoms with Crippen molar-refractivity contribution in [2.24, 2.45) is 0 Å². The molecule has 0 bridgehead atoms. The van der Waals surface area contributed by atoms with Gasteiger partial charge in [-0.2, -0.15) is 0 Å². The van der Waals surface area contributed by atoms with E-state index < -0.39 is 0 Å². The number of nitrogens with one attached hydrogen (secondary N) is 1. The van der Waals surface area contributed by atoms with Crippen LogP contribution < -0.4 is 10.2 Å². The normalized spacial score (nSPS) is 23.4. The second-order valence-electron chi connectivity index (χ2n) is 6.43. The van der Waals surface area contributed by atoms with Crippen molar-refractivity contribution in [1.82, 2.24) is 10.3 Å². The predicted octanol–water partition coefficient (Wildman–Crippen LogP) is 3.26. The summed E-state index contributed by atoms with van der Waals surface area (Å²) >= 11 is 1.94. The van der Waals surface area contributed by atoms with Crippen molar-refractivity contribution in [2.75, 3.05) is 11.9 Å². The predicted molar refractivity (Wildman–Crippen MR) is 80.0 cm³/mol. The Morgan fingerprint density at radius 3 is 2.58 bits per heavy atom. The lowest BCUT2D eigenvalue weighted by Gasteiger charge is -2.34. The molecule has 1 N–H and O–H groups in total. The minimum absolute atomic E-state index is 0.752. The highest BCUT2D eigenvalue weighted by Gasteiger charge is 2.32. The Balaban J connectivity index is 1.51. The second-order valence-corrected chi connectivity index (χ2v) is 7.49. The summed E-state index contributed by atoms with van der Waals surface area (Å²) in [5.41, 5.74) is 1.42. The van der Waals surface area contributed by atoms with E-state index in [0.29, 0.717) is 0 Å². The first-order valence-corrected chi connectivity index (χ1v) is 8.58. The van der Waals surface area contributed by atoms with Gasteiger partial charge in [0, 0.05) is 36.5 Å². The fourth-order valence-electron chi connectivity index (χ4n) is 2.76. The van der Waals surface area contributed by atoms with Gasteiger partial charge in [-0.15, -0.1) is 11.3 Å². The van der Waals surface area contributed by atoms with Crippen LogP contribution in [0.1, 0.15) is 61.4 Å². The van der Waals surface area contributed by atoms with E-state index in [9.17, 15) is 0 Å². The van der Waals surface area contributed by atoms with E-state index in [4.69, 9.17) is 4.98 Å². The maximum atomic E-state index is 4.98. The smallest absolute Gasteiger partial charge is 0.185 e. The molecule has 0 radical (unpaired) electrons. The van der Waals surface area contributed by atoms with Gasteiger partial charge >= 0.3 is 0 Å². The topological polar surface area (TPSA) is 28.2 Å². The first-order valence-electron chi connectivity index (χ1n) is 7.77. The average molecular weight is 277 g/mol. The zero-order valence-electron chi connectivity index (χ0n) is 11.7. The first-order chi connectivity index (χ1) is 9.31. The van der Waals surface area contributed by atoms with Gasteiger partial charge in [0.1, 0.15) is 0 Å². The van der Waals surface area contributed by atoms with Gasteiger partial charge in [0.2, 0.25) is 0 Å². The van der Waals surface area contributed by atoms with Crippen LogP contribution >= 0.6 is 11.3 Å². The molecule has 4 heteroatoms. The second kappa shape index (κ2) is 4.74. The highest BCUT2D eigenvalue weighted by Crippen LogP contribution is 2.45. The van der Waals surface area contributed by atoms with Crippen LogP contribution in [0.5, 0.6) is 0 Å². The van der Waals surface area contributed by atoms with Crippen LogP contribution in [-0.4, -0.2) is 24.1 Å². The molecule has 1 aromatic heterocycles. The lowest BCUT2D eigenvalue weighted by Crippen LogP contribution is -2.37. The molecule has 0 amide bonds. The summed E-state index contributed by atoms with van der Waals surface area (Å²) in [4.78, 5) is 8.92. The highest BCUT2D eigenvalue weighted by molar-refractivity contribution is 7.15. The Labute approximate surface area is 119 Å². The van der Waals surface area contributed by atoms with Crippen LogP contribution in [-0.2, 0) is 6.54 Å². The van der Waals surface area contributed by atoms with Crippen molar-refractivity contribution in [1.29, 1.82) is 0 Å². The van der Waals surface area contributed by atoms with E-state index in [1.54, 1.807) is 0 Å². The van der Waals surface area contributed by atoms with Gasteiger partial charge in [-0.25, -0.2) is 4.98 Å². The number of anilines is 1. The number of rotatable bonds is 6. The van der Waals surface area contributed by atoms with Crippen LogP contribution in [0.2, 0.25) is 0 Å². The minimum Gasteiger partial charge on any atom is -0.348 e. The Bertz CT molecular complexity index is 458. The molecule has 3 nitrogen and oxygen atoms in total. The maximum Gasteiger partial charge on any atom is 0.185 e. The van der Waals surface area contributed by atoms with Crippen molar-refractivity contribution in [2.45, 2.75) is 69.5 Å².